The van der Waals surface area contributed by atoms with E-state index in [9.17, 15) is 24.0 Å². The van der Waals surface area contributed by atoms with Gasteiger partial charge in [-0.3, -0.25) is 19.3 Å². The Labute approximate surface area is 186 Å². The molecular weight excluding hydrogens is 448 g/mol. The van der Waals surface area contributed by atoms with Crippen LogP contribution < -0.4 is 5.32 Å². The number of carboxylic acid groups (broad SMARTS) is 1. The van der Waals surface area contributed by atoms with E-state index < -0.39 is 41.3 Å². The van der Waals surface area contributed by atoms with E-state index in [-0.39, 0.29) is 30.1 Å². The molecule has 13 heteroatoms. The van der Waals surface area contributed by atoms with Crippen LogP contribution >= 0.6 is 11.8 Å². The lowest BCUT2D eigenvalue weighted by molar-refractivity contribution is -0.151. The Morgan fingerprint density at radius 3 is 2.66 bits per heavy atom. The number of carbonyl (C=O) groups excluding carboxylic acids is 4. The van der Waals surface area contributed by atoms with Crippen LogP contribution in [0.15, 0.2) is 34.1 Å². The number of rotatable bonds is 7. The summed E-state index contributed by atoms with van der Waals surface area (Å²) in [5.41, 5.74) is -0.0701. The second-order valence-electron chi connectivity index (χ2n) is 6.56. The number of hydrogen-bond acceptors (Lipinski definition) is 10. The van der Waals surface area contributed by atoms with Crippen molar-refractivity contribution in [3.05, 3.63) is 35.4 Å². The number of ether oxygens (including phenoxy) is 3. The van der Waals surface area contributed by atoms with Gasteiger partial charge in [0.25, 0.3) is 12.4 Å². The van der Waals surface area contributed by atoms with Crippen molar-refractivity contribution in [2.45, 2.75) is 24.3 Å². The molecule has 2 amide bonds. The second kappa shape index (κ2) is 11.3. The van der Waals surface area contributed by atoms with Gasteiger partial charge in [0.05, 0.1) is 12.2 Å². The number of methoxy groups -OCH3 is 1. The SMILES string of the molecule is CC(C(=O)N[C@@H]1C(=O)N2C(C(=O)OC(=O)O)=C(COC=O)CS[C@H]12)c1ccco1.COC. The molecule has 1 saturated heterocycles. The van der Waals surface area contributed by atoms with Gasteiger partial charge >= 0.3 is 12.1 Å². The third-order valence-corrected chi connectivity index (χ3v) is 5.75. The molecule has 0 radical (unpaired) electrons. The van der Waals surface area contributed by atoms with Gasteiger partial charge in [0.2, 0.25) is 5.91 Å². The van der Waals surface area contributed by atoms with Gasteiger partial charge in [0.1, 0.15) is 29.5 Å². The largest absolute Gasteiger partial charge is 0.513 e. The van der Waals surface area contributed by atoms with Gasteiger partial charge in [-0.2, -0.15) is 0 Å². The van der Waals surface area contributed by atoms with Gasteiger partial charge in [-0.25, -0.2) is 9.59 Å². The van der Waals surface area contributed by atoms with Gasteiger partial charge < -0.3 is 29.1 Å². The highest BCUT2D eigenvalue weighted by Crippen LogP contribution is 2.41. The maximum Gasteiger partial charge on any atom is 0.513 e. The fourth-order valence-electron chi connectivity index (χ4n) is 2.99. The number of carbonyl (C=O) groups is 5. The van der Waals surface area contributed by atoms with Crippen molar-refractivity contribution in [1.29, 1.82) is 0 Å². The fourth-order valence-corrected chi connectivity index (χ4v) is 4.32. The Balaban J connectivity index is 0.00000114. The van der Waals surface area contributed by atoms with Gasteiger partial charge in [0.15, 0.2) is 0 Å². The Hall–Kier alpha value is -3.32. The molecule has 32 heavy (non-hydrogen) atoms. The Morgan fingerprint density at radius 1 is 1.41 bits per heavy atom. The van der Waals surface area contributed by atoms with Crippen molar-refractivity contribution in [3.63, 3.8) is 0 Å². The molecule has 0 saturated carbocycles. The Kier molecular flexibility index (Phi) is 8.84. The summed E-state index contributed by atoms with van der Waals surface area (Å²) in [6.07, 6.45) is -0.404. The molecule has 0 aliphatic carbocycles. The first-order valence-electron chi connectivity index (χ1n) is 9.17. The predicted molar refractivity (Wildman–Crippen MR) is 108 cm³/mol. The minimum atomic E-state index is -1.84. The van der Waals surface area contributed by atoms with E-state index in [0.29, 0.717) is 5.76 Å². The van der Waals surface area contributed by atoms with Crippen molar-refractivity contribution in [3.8, 4) is 0 Å². The van der Waals surface area contributed by atoms with Crippen molar-refractivity contribution in [2.24, 2.45) is 0 Å². The zero-order chi connectivity index (χ0) is 23.8. The van der Waals surface area contributed by atoms with Crippen molar-refractivity contribution >= 4 is 42.2 Å². The Bertz CT molecular complexity index is 898. The first-order valence-corrected chi connectivity index (χ1v) is 10.2. The van der Waals surface area contributed by atoms with Crippen molar-refractivity contribution < 1.29 is 47.7 Å². The molecule has 2 N–H and O–H groups in total. The second-order valence-corrected chi connectivity index (χ2v) is 7.66. The number of β-lactam (4-membered cyclic amide) rings is 1. The molecule has 2 aliphatic heterocycles. The van der Waals surface area contributed by atoms with E-state index in [1.54, 1.807) is 33.3 Å². The summed E-state index contributed by atoms with van der Waals surface area (Å²) in [6.45, 7) is 1.48. The molecule has 0 bridgehead atoms. The molecule has 0 spiro atoms. The number of nitrogens with zero attached hydrogens (tertiary/aromatic N) is 1. The Morgan fingerprint density at radius 2 is 2.09 bits per heavy atom. The zero-order valence-corrected chi connectivity index (χ0v) is 18.2. The van der Waals surface area contributed by atoms with E-state index in [1.165, 1.54) is 18.0 Å². The molecule has 3 heterocycles. The summed E-state index contributed by atoms with van der Waals surface area (Å²) in [7, 11) is 3.25. The van der Waals surface area contributed by atoms with Crippen LogP contribution in [0.25, 0.3) is 0 Å². The average molecular weight is 470 g/mol. The van der Waals surface area contributed by atoms with E-state index >= 15 is 0 Å². The monoisotopic (exact) mass is 470 g/mol. The summed E-state index contributed by atoms with van der Waals surface area (Å²) in [5.74, 6) is -2.33. The smallest absolute Gasteiger partial charge is 0.469 e. The number of fused-ring (bicyclic) bond motifs is 1. The predicted octanol–water partition coefficient (Wildman–Crippen LogP) is 0.694. The molecule has 1 fully saturated rings. The van der Waals surface area contributed by atoms with E-state index in [0.717, 1.165) is 4.90 Å². The topological polar surface area (TPSA) is 162 Å². The van der Waals surface area contributed by atoms with Gasteiger partial charge in [-0.15, -0.1) is 11.8 Å². The van der Waals surface area contributed by atoms with Gasteiger partial charge in [0, 0.05) is 25.5 Å². The van der Waals surface area contributed by atoms with Crippen LogP contribution in [0.3, 0.4) is 0 Å². The van der Waals surface area contributed by atoms with Gasteiger partial charge in [-0.1, -0.05) is 0 Å². The fraction of sp³-hybridized carbons (Fsp3) is 0.421. The van der Waals surface area contributed by atoms with Crippen LogP contribution in [0.2, 0.25) is 0 Å². The lowest BCUT2D eigenvalue weighted by Gasteiger charge is -2.49. The number of thioether (sulfide) groups is 1. The molecule has 1 aromatic rings. The lowest BCUT2D eigenvalue weighted by Crippen LogP contribution is -2.71. The summed E-state index contributed by atoms with van der Waals surface area (Å²) in [6, 6.07) is 2.36. The standard InChI is InChI=1S/C17H16N2O9S.C2H6O/c1-8(10-3-2-4-27-10)13(21)18-11-14(22)19-12(16(23)28-17(24)25)9(5-26-7-20)6-29-15(11)19;1-3-2/h2-4,7-8,11,15H,5-6H2,1H3,(H,18,21)(H,24,25);1-2H3/t8?,11-,15-;/m1./s1. The third-order valence-electron chi connectivity index (χ3n) is 4.41. The maximum absolute atomic E-state index is 12.6. The van der Waals surface area contributed by atoms with Crippen LogP contribution in [0.4, 0.5) is 4.79 Å². The van der Waals surface area contributed by atoms with Crippen LogP contribution in [0.1, 0.15) is 18.6 Å². The highest BCUT2D eigenvalue weighted by atomic mass is 32.2. The molecule has 2 aliphatic rings. The third kappa shape index (κ3) is 5.48. The molecule has 3 atom stereocenters. The van der Waals surface area contributed by atoms with E-state index in [1.807, 2.05) is 0 Å². The quantitative estimate of drug-likeness (QED) is 0.250. The normalized spacial score (nSPS) is 20.1. The van der Waals surface area contributed by atoms with E-state index in [2.05, 4.69) is 19.5 Å². The molecule has 0 aromatic carbocycles. The summed E-state index contributed by atoms with van der Waals surface area (Å²) >= 11 is 1.23. The highest BCUT2D eigenvalue weighted by molar-refractivity contribution is 8.00. The van der Waals surface area contributed by atoms with E-state index in [4.69, 9.17) is 9.52 Å². The number of hydrogen-bond donors (Lipinski definition) is 2. The van der Waals surface area contributed by atoms with Crippen molar-refractivity contribution in [2.75, 3.05) is 26.6 Å². The zero-order valence-electron chi connectivity index (χ0n) is 17.4. The lowest BCUT2D eigenvalue weighted by atomic mass is 10.0. The number of nitrogens with one attached hydrogen (secondary N) is 1. The number of esters is 1. The highest BCUT2D eigenvalue weighted by Gasteiger charge is 2.55. The van der Waals surface area contributed by atoms with Crippen LogP contribution in [-0.4, -0.2) is 78.4 Å². The van der Waals surface area contributed by atoms with Crippen molar-refractivity contribution in [1.82, 2.24) is 10.2 Å². The first-order chi connectivity index (χ1) is 15.3. The summed E-state index contributed by atoms with van der Waals surface area (Å²) in [5, 5.41) is 10.7. The summed E-state index contributed by atoms with van der Waals surface area (Å²) in [4.78, 5) is 59.5. The molecule has 12 nitrogen and oxygen atoms in total. The molecule has 1 unspecified atom stereocenters. The first kappa shape index (κ1) is 24.9. The maximum atomic E-state index is 12.6. The molecule has 3 rings (SSSR count). The van der Waals surface area contributed by atoms with Gasteiger partial charge in [-0.05, 0) is 19.1 Å². The number of amides is 2. The minimum Gasteiger partial charge on any atom is -0.469 e. The van der Waals surface area contributed by atoms with Crippen LogP contribution in [0, 0.1) is 0 Å². The number of furan rings is 1. The molecular formula is C19H22N2O10S. The average Bonchev–Trinajstić information content (AvgIpc) is 3.29. The van der Waals surface area contributed by atoms with Crippen LogP contribution in [0.5, 0.6) is 0 Å². The molecule has 1 aromatic heterocycles. The minimum absolute atomic E-state index is 0.168. The summed E-state index contributed by atoms with van der Waals surface area (Å²) < 4.78 is 18.3. The molecule has 174 valence electrons. The van der Waals surface area contributed by atoms with Crippen LogP contribution in [-0.2, 0) is 33.4 Å².